The second-order valence-electron chi connectivity index (χ2n) is 4.06. The molecular formula is C15H12F2O3. The minimum Gasteiger partial charge on any atom is -0.435 e. The van der Waals surface area contributed by atoms with Crippen LogP contribution in [0.2, 0.25) is 0 Å². The molecule has 0 unspecified atom stereocenters. The maximum absolute atomic E-state index is 12.0. The quantitative estimate of drug-likeness (QED) is 0.855. The Morgan fingerprint density at radius 3 is 1.95 bits per heavy atom. The summed E-state index contributed by atoms with van der Waals surface area (Å²) in [6.07, 6.45) is 0. The third-order valence-electron chi connectivity index (χ3n) is 2.76. The molecule has 1 N–H and O–H groups in total. The minimum absolute atomic E-state index is 0.0934. The number of benzene rings is 2. The second-order valence-corrected chi connectivity index (χ2v) is 4.06. The highest BCUT2D eigenvalue weighted by atomic mass is 19.3. The van der Waals surface area contributed by atoms with E-state index in [1.807, 2.05) is 0 Å². The molecule has 0 amide bonds. The number of rotatable bonds is 5. The summed E-state index contributed by atoms with van der Waals surface area (Å²) in [5.41, 5.74) is 2.08. The molecule has 2 aromatic carbocycles. The van der Waals surface area contributed by atoms with E-state index in [4.69, 9.17) is 5.11 Å². The summed E-state index contributed by atoms with van der Waals surface area (Å²) in [7, 11) is 0. The predicted octanol–water partition coefficient (Wildman–Crippen LogP) is 3.13. The molecule has 2 aromatic rings. The third kappa shape index (κ3) is 3.39. The number of hydrogen-bond acceptors (Lipinski definition) is 3. The summed E-state index contributed by atoms with van der Waals surface area (Å²) in [4.78, 5) is 11.3. The van der Waals surface area contributed by atoms with E-state index in [0.717, 1.165) is 11.1 Å². The molecule has 0 aliphatic carbocycles. The van der Waals surface area contributed by atoms with Crippen LogP contribution < -0.4 is 4.74 Å². The smallest absolute Gasteiger partial charge is 0.387 e. The van der Waals surface area contributed by atoms with Gasteiger partial charge in [0.2, 0.25) is 0 Å². The lowest BCUT2D eigenvalue weighted by atomic mass is 10.0. The van der Waals surface area contributed by atoms with Crippen LogP contribution in [0.15, 0.2) is 48.5 Å². The van der Waals surface area contributed by atoms with Gasteiger partial charge in [0.1, 0.15) is 12.4 Å². The Morgan fingerprint density at radius 1 is 1.00 bits per heavy atom. The number of ether oxygens (including phenoxy) is 1. The zero-order valence-corrected chi connectivity index (χ0v) is 10.4. The van der Waals surface area contributed by atoms with Crippen molar-refractivity contribution in [2.75, 3.05) is 6.61 Å². The van der Waals surface area contributed by atoms with Gasteiger partial charge in [-0.05, 0) is 23.3 Å². The van der Waals surface area contributed by atoms with E-state index < -0.39 is 13.2 Å². The minimum atomic E-state index is -2.84. The lowest BCUT2D eigenvalue weighted by Gasteiger charge is -2.06. The van der Waals surface area contributed by atoms with Crippen LogP contribution in [0, 0.1) is 0 Å². The van der Waals surface area contributed by atoms with Gasteiger partial charge < -0.3 is 9.84 Å². The highest BCUT2D eigenvalue weighted by Crippen LogP contribution is 2.23. The fourth-order valence-electron chi connectivity index (χ4n) is 1.77. The summed E-state index contributed by atoms with van der Waals surface area (Å²) in [5.74, 6) is -0.256. The molecule has 0 saturated heterocycles. The maximum Gasteiger partial charge on any atom is 0.387 e. The Bertz CT molecular complexity index is 577. The van der Waals surface area contributed by atoms with Gasteiger partial charge in [0.25, 0.3) is 0 Å². The third-order valence-corrected chi connectivity index (χ3v) is 2.76. The van der Waals surface area contributed by atoms with Crippen LogP contribution in [0.1, 0.15) is 10.4 Å². The number of carbonyl (C=O) groups is 1. The van der Waals surface area contributed by atoms with Gasteiger partial charge in [-0.15, -0.1) is 0 Å². The molecule has 0 bridgehead atoms. The number of Topliss-reactive ketones (excluding diaryl/α,β-unsaturated/α-hetero) is 1. The average Bonchev–Trinajstić information content (AvgIpc) is 2.47. The number of aliphatic hydroxyl groups excluding tert-OH is 1. The van der Waals surface area contributed by atoms with Crippen molar-refractivity contribution in [1.82, 2.24) is 0 Å². The fraction of sp³-hybridized carbons (Fsp3) is 0.133. The standard InChI is InChI=1S/C15H12F2O3/c16-15(17)20-13-7-5-11(6-8-13)10-1-3-12(4-2-10)14(19)9-18/h1-8,15,18H,9H2. The maximum atomic E-state index is 12.0. The van der Waals surface area contributed by atoms with Crippen LogP contribution in [0.25, 0.3) is 11.1 Å². The first kappa shape index (κ1) is 14.1. The molecule has 3 nitrogen and oxygen atoms in total. The molecule has 0 fully saturated rings. The molecule has 0 atom stereocenters. The van der Waals surface area contributed by atoms with E-state index in [0.29, 0.717) is 5.56 Å². The zero-order valence-electron chi connectivity index (χ0n) is 10.4. The van der Waals surface area contributed by atoms with Gasteiger partial charge in [-0.1, -0.05) is 36.4 Å². The van der Waals surface area contributed by atoms with Gasteiger partial charge in [0, 0.05) is 5.56 Å². The Balaban J connectivity index is 2.17. The molecule has 0 aliphatic heterocycles. The van der Waals surface area contributed by atoms with Gasteiger partial charge >= 0.3 is 6.61 Å². The van der Waals surface area contributed by atoms with Crippen LogP contribution in [0.4, 0.5) is 8.78 Å². The van der Waals surface area contributed by atoms with E-state index in [9.17, 15) is 13.6 Å². The number of hydrogen-bond donors (Lipinski definition) is 1. The first-order chi connectivity index (χ1) is 9.60. The van der Waals surface area contributed by atoms with E-state index in [1.165, 1.54) is 12.1 Å². The van der Waals surface area contributed by atoms with Crippen LogP contribution >= 0.6 is 0 Å². The molecule has 104 valence electrons. The molecule has 20 heavy (non-hydrogen) atoms. The second kappa shape index (κ2) is 6.25. The largest absolute Gasteiger partial charge is 0.435 e. The molecule has 0 saturated carbocycles. The molecule has 2 rings (SSSR count). The molecule has 0 aromatic heterocycles. The summed E-state index contributed by atoms with van der Waals surface area (Å²) < 4.78 is 28.3. The summed E-state index contributed by atoms with van der Waals surface area (Å²) >= 11 is 0. The van der Waals surface area contributed by atoms with Gasteiger partial charge in [-0.25, -0.2) is 0 Å². The molecule has 0 radical (unpaired) electrons. The van der Waals surface area contributed by atoms with E-state index in [1.54, 1.807) is 36.4 Å². The van der Waals surface area contributed by atoms with Gasteiger partial charge in [0.15, 0.2) is 5.78 Å². The topological polar surface area (TPSA) is 46.5 Å². The van der Waals surface area contributed by atoms with Crippen molar-refractivity contribution in [1.29, 1.82) is 0 Å². The zero-order chi connectivity index (χ0) is 14.5. The lowest BCUT2D eigenvalue weighted by Crippen LogP contribution is -2.03. The molecular weight excluding hydrogens is 266 g/mol. The number of alkyl halides is 2. The van der Waals surface area contributed by atoms with Gasteiger partial charge in [0.05, 0.1) is 0 Å². The SMILES string of the molecule is O=C(CO)c1ccc(-c2ccc(OC(F)F)cc2)cc1. The Labute approximate surface area is 114 Å². The van der Waals surface area contributed by atoms with E-state index >= 15 is 0 Å². The van der Waals surface area contributed by atoms with Crippen molar-refractivity contribution in [3.8, 4) is 16.9 Å². The van der Waals surface area contributed by atoms with Gasteiger partial charge in [-0.2, -0.15) is 8.78 Å². The number of aliphatic hydroxyl groups is 1. The molecule has 0 spiro atoms. The number of carbonyl (C=O) groups excluding carboxylic acids is 1. The normalized spacial score (nSPS) is 10.6. The Morgan fingerprint density at radius 2 is 1.50 bits per heavy atom. The highest BCUT2D eigenvalue weighted by molar-refractivity contribution is 5.97. The van der Waals surface area contributed by atoms with Crippen LogP contribution in [-0.4, -0.2) is 24.1 Å². The number of halogens is 2. The predicted molar refractivity (Wildman–Crippen MR) is 69.9 cm³/mol. The van der Waals surface area contributed by atoms with Crippen molar-refractivity contribution >= 4 is 5.78 Å². The van der Waals surface area contributed by atoms with Crippen molar-refractivity contribution in [2.24, 2.45) is 0 Å². The van der Waals surface area contributed by atoms with Crippen molar-refractivity contribution in [2.45, 2.75) is 6.61 Å². The molecule has 0 heterocycles. The summed E-state index contributed by atoms with van der Waals surface area (Å²) in [6, 6.07) is 12.9. The fourth-order valence-corrected chi connectivity index (χ4v) is 1.77. The van der Waals surface area contributed by atoms with Crippen LogP contribution in [0.3, 0.4) is 0 Å². The van der Waals surface area contributed by atoms with E-state index in [2.05, 4.69) is 4.74 Å². The summed E-state index contributed by atoms with van der Waals surface area (Å²) in [5, 5.41) is 8.75. The Hall–Kier alpha value is -2.27. The Kier molecular flexibility index (Phi) is 4.42. The first-order valence-electron chi connectivity index (χ1n) is 5.89. The monoisotopic (exact) mass is 278 g/mol. The van der Waals surface area contributed by atoms with Gasteiger partial charge in [-0.3, -0.25) is 4.79 Å². The van der Waals surface area contributed by atoms with Crippen molar-refractivity contribution < 1.29 is 23.4 Å². The van der Waals surface area contributed by atoms with Crippen molar-refractivity contribution in [3.05, 3.63) is 54.1 Å². The van der Waals surface area contributed by atoms with Crippen LogP contribution in [-0.2, 0) is 0 Å². The van der Waals surface area contributed by atoms with Crippen LogP contribution in [0.5, 0.6) is 5.75 Å². The molecule has 5 heteroatoms. The summed E-state index contributed by atoms with van der Waals surface area (Å²) in [6.45, 7) is -3.37. The van der Waals surface area contributed by atoms with E-state index in [-0.39, 0.29) is 11.5 Å². The van der Waals surface area contributed by atoms with Crippen molar-refractivity contribution in [3.63, 3.8) is 0 Å². The first-order valence-corrected chi connectivity index (χ1v) is 5.89. The highest BCUT2D eigenvalue weighted by Gasteiger charge is 2.06. The molecule has 0 aliphatic rings. The average molecular weight is 278 g/mol. The number of ketones is 1. The lowest BCUT2D eigenvalue weighted by molar-refractivity contribution is -0.0498.